The lowest BCUT2D eigenvalue weighted by Crippen LogP contribution is -2.31. The summed E-state index contributed by atoms with van der Waals surface area (Å²) in [5, 5.41) is 8.48. The van der Waals surface area contributed by atoms with Crippen LogP contribution in [0.5, 0.6) is 5.88 Å². The topological polar surface area (TPSA) is 101 Å². The molecule has 9 nitrogen and oxygen atoms in total. The lowest BCUT2D eigenvalue weighted by Gasteiger charge is -2.27. The largest absolute Gasteiger partial charge is 0.470 e. The Bertz CT molecular complexity index is 1760. The Balaban J connectivity index is 1.28. The third-order valence-corrected chi connectivity index (χ3v) is 8.03. The summed E-state index contributed by atoms with van der Waals surface area (Å²) in [7, 11) is 1.32. The summed E-state index contributed by atoms with van der Waals surface area (Å²) in [6.07, 6.45) is 0.888. The van der Waals surface area contributed by atoms with Gasteiger partial charge in [-0.1, -0.05) is 17.4 Å². The van der Waals surface area contributed by atoms with E-state index in [0.29, 0.717) is 44.5 Å². The number of hydrogen-bond acceptors (Lipinski definition) is 9. The number of nitrogens with zero attached hydrogens (tertiary/aromatic N) is 5. The maximum atomic E-state index is 15.4. The Morgan fingerprint density at radius 3 is 2.73 bits per heavy atom. The van der Waals surface area contributed by atoms with Gasteiger partial charge in [-0.25, -0.2) is 23.5 Å². The van der Waals surface area contributed by atoms with E-state index in [4.69, 9.17) is 14.2 Å². The van der Waals surface area contributed by atoms with Crippen LogP contribution in [0.25, 0.3) is 22.3 Å². The second-order valence-corrected chi connectivity index (χ2v) is 11.7. The number of rotatable bonds is 9. The molecule has 1 saturated heterocycles. The minimum Gasteiger partial charge on any atom is -0.470 e. The molecule has 0 radical (unpaired) electrons. The molecule has 4 heterocycles. The Morgan fingerprint density at radius 2 is 2.00 bits per heavy atom. The summed E-state index contributed by atoms with van der Waals surface area (Å²) in [6, 6.07) is 12.2. The first-order valence-corrected chi connectivity index (χ1v) is 14.2. The molecule has 0 aliphatic carbocycles. The second-order valence-electron chi connectivity index (χ2n) is 9.31. The van der Waals surface area contributed by atoms with Crippen molar-refractivity contribution in [2.24, 2.45) is 0 Å². The van der Waals surface area contributed by atoms with Gasteiger partial charge in [-0.2, -0.15) is 0 Å². The number of fused-ring (bicyclic) bond motifs is 1. The van der Waals surface area contributed by atoms with Gasteiger partial charge in [0.05, 0.1) is 42.0 Å². The van der Waals surface area contributed by atoms with E-state index in [1.807, 2.05) is 4.57 Å². The molecule has 1 aliphatic rings. The van der Waals surface area contributed by atoms with E-state index < -0.39 is 17.6 Å². The first-order valence-electron chi connectivity index (χ1n) is 12.6. The average molecular weight is 642 g/mol. The number of halogens is 3. The normalized spacial score (nSPS) is 14.7. The maximum absolute atomic E-state index is 15.4. The molecular formula is C28H22BrF2N5O4S. The van der Waals surface area contributed by atoms with Gasteiger partial charge < -0.3 is 18.8 Å². The van der Waals surface area contributed by atoms with E-state index in [9.17, 15) is 4.79 Å². The number of imidazole rings is 1. The Morgan fingerprint density at radius 1 is 1.15 bits per heavy atom. The van der Waals surface area contributed by atoms with Gasteiger partial charge in [0.15, 0.2) is 8.92 Å². The van der Waals surface area contributed by atoms with E-state index >= 15 is 8.78 Å². The van der Waals surface area contributed by atoms with Crippen LogP contribution in [0.4, 0.5) is 8.78 Å². The van der Waals surface area contributed by atoms with E-state index in [2.05, 4.69) is 36.1 Å². The number of methoxy groups -OCH3 is 1. The van der Waals surface area contributed by atoms with Crippen LogP contribution >= 0.6 is 27.3 Å². The Hall–Kier alpha value is -3.81. The summed E-state index contributed by atoms with van der Waals surface area (Å²) in [6.45, 7) is 1.29. The molecule has 13 heteroatoms. The van der Waals surface area contributed by atoms with Gasteiger partial charge in [0.1, 0.15) is 24.1 Å². The number of esters is 1. The van der Waals surface area contributed by atoms with Gasteiger partial charge in [-0.05, 0) is 64.3 Å². The van der Waals surface area contributed by atoms with Gasteiger partial charge in [-0.15, -0.1) is 10.2 Å². The van der Waals surface area contributed by atoms with Crippen molar-refractivity contribution in [2.45, 2.75) is 32.1 Å². The SMILES string of the molecule is COC(=O)c1ccc2nc(Cc3cc(F)c(-c4cccc(OCc5nnc(Br)s5)n4)cc3F)n(CC3CCO3)c2c1. The summed E-state index contributed by atoms with van der Waals surface area (Å²) in [5.41, 5.74) is 2.07. The molecule has 0 amide bonds. The molecule has 1 aliphatic heterocycles. The van der Waals surface area contributed by atoms with Crippen molar-refractivity contribution in [3.05, 3.63) is 86.0 Å². The van der Waals surface area contributed by atoms with Crippen molar-refractivity contribution in [3.63, 3.8) is 0 Å². The van der Waals surface area contributed by atoms with Crippen LogP contribution in [-0.4, -0.2) is 50.5 Å². The first-order chi connectivity index (χ1) is 19.9. The summed E-state index contributed by atoms with van der Waals surface area (Å²) in [5.74, 6) is -0.920. The number of pyridine rings is 1. The number of benzene rings is 2. The van der Waals surface area contributed by atoms with Crippen LogP contribution in [0.2, 0.25) is 0 Å². The molecule has 3 aromatic heterocycles. The Kier molecular flexibility index (Phi) is 7.73. The fourth-order valence-electron chi connectivity index (χ4n) is 4.55. The minimum absolute atomic E-state index is 0.00875. The fraction of sp³-hybridized carbons (Fsp3) is 0.250. The molecular weight excluding hydrogens is 620 g/mol. The second kappa shape index (κ2) is 11.6. The quantitative estimate of drug-likeness (QED) is 0.188. The Labute approximate surface area is 245 Å². The van der Waals surface area contributed by atoms with Crippen molar-refractivity contribution in [1.82, 2.24) is 24.7 Å². The van der Waals surface area contributed by atoms with E-state index in [1.165, 1.54) is 24.5 Å². The highest BCUT2D eigenvalue weighted by atomic mass is 79.9. The molecule has 5 aromatic rings. The van der Waals surface area contributed by atoms with E-state index in [0.717, 1.165) is 12.5 Å². The zero-order valence-corrected chi connectivity index (χ0v) is 24.0. The van der Waals surface area contributed by atoms with Gasteiger partial charge in [0, 0.05) is 24.7 Å². The number of hydrogen-bond donors (Lipinski definition) is 0. The first kappa shape index (κ1) is 27.4. The highest BCUT2D eigenvalue weighted by molar-refractivity contribution is 9.11. The lowest BCUT2D eigenvalue weighted by atomic mass is 10.0. The number of aromatic nitrogens is 5. The summed E-state index contributed by atoms with van der Waals surface area (Å²) < 4.78 is 49.5. The predicted octanol–water partition coefficient (Wildman–Crippen LogP) is 5.74. The highest BCUT2D eigenvalue weighted by Crippen LogP contribution is 2.29. The average Bonchev–Trinajstić information content (AvgIpc) is 3.52. The van der Waals surface area contributed by atoms with Gasteiger partial charge in [0.25, 0.3) is 0 Å². The molecule has 6 rings (SSSR count). The molecule has 0 N–H and O–H groups in total. The van der Waals surface area contributed by atoms with Crippen molar-refractivity contribution >= 4 is 44.3 Å². The molecule has 2 aromatic carbocycles. The van der Waals surface area contributed by atoms with Crippen LogP contribution in [0.15, 0.2) is 52.4 Å². The van der Waals surface area contributed by atoms with Crippen LogP contribution in [0.1, 0.15) is 33.2 Å². The van der Waals surface area contributed by atoms with Crippen LogP contribution < -0.4 is 4.74 Å². The van der Waals surface area contributed by atoms with Gasteiger partial charge >= 0.3 is 5.97 Å². The van der Waals surface area contributed by atoms with Gasteiger partial charge in [0.2, 0.25) is 5.88 Å². The molecule has 1 atom stereocenters. The monoisotopic (exact) mass is 641 g/mol. The van der Waals surface area contributed by atoms with Crippen molar-refractivity contribution in [3.8, 4) is 17.1 Å². The molecule has 1 fully saturated rings. The zero-order valence-electron chi connectivity index (χ0n) is 21.6. The van der Waals surface area contributed by atoms with Crippen molar-refractivity contribution in [1.29, 1.82) is 0 Å². The minimum atomic E-state index is -0.628. The molecule has 0 bridgehead atoms. The van der Waals surface area contributed by atoms with Crippen LogP contribution in [-0.2, 0) is 29.0 Å². The van der Waals surface area contributed by atoms with Gasteiger partial charge in [-0.3, -0.25) is 0 Å². The van der Waals surface area contributed by atoms with Crippen molar-refractivity contribution < 1.29 is 27.8 Å². The third kappa shape index (κ3) is 5.83. The number of carbonyl (C=O) groups is 1. The van der Waals surface area contributed by atoms with Crippen LogP contribution in [0.3, 0.4) is 0 Å². The molecule has 210 valence electrons. The zero-order chi connectivity index (χ0) is 28.5. The number of carbonyl (C=O) groups excluding carboxylic acids is 1. The standard InChI is InChI=1S/C28H22BrF2N5O4S/c1-38-27(37)15-5-6-22-23(10-15)36(13-17-7-8-39-17)24(32-22)11-16-9-20(31)18(12-19(16)30)21-3-2-4-25(33-21)40-14-26-34-35-28(29)41-26/h2-6,9-10,12,17H,7-8,11,13-14H2,1H3. The fourth-order valence-corrected chi connectivity index (χ4v) is 5.67. The molecule has 0 saturated carbocycles. The predicted molar refractivity (Wildman–Crippen MR) is 150 cm³/mol. The lowest BCUT2D eigenvalue weighted by molar-refractivity contribution is -0.0589. The van der Waals surface area contributed by atoms with Crippen LogP contribution in [0, 0.1) is 11.6 Å². The van der Waals surface area contributed by atoms with Crippen molar-refractivity contribution in [2.75, 3.05) is 13.7 Å². The summed E-state index contributed by atoms with van der Waals surface area (Å²) in [4.78, 5) is 21.2. The third-order valence-electron chi connectivity index (χ3n) is 6.70. The molecule has 41 heavy (non-hydrogen) atoms. The van der Waals surface area contributed by atoms with E-state index in [1.54, 1.807) is 36.4 Å². The van der Waals surface area contributed by atoms with E-state index in [-0.39, 0.29) is 41.8 Å². The highest BCUT2D eigenvalue weighted by Gasteiger charge is 2.24. The summed E-state index contributed by atoms with van der Waals surface area (Å²) >= 11 is 4.57. The smallest absolute Gasteiger partial charge is 0.337 e. The number of ether oxygens (including phenoxy) is 3. The molecule has 1 unspecified atom stereocenters. The maximum Gasteiger partial charge on any atom is 0.337 e. The molecule has 0 spiro atoms.